The van der Waals surface area contributed by atoms with Crippen molar-refractivity contribution >= 4 is 50.2 Å². The molecule has 0 spiro atoms. The van der Waals surface area contributed by atoms with E-state index in [0.717, 1.165) is 167 Å². The summed E-state index contributed by atoms with van der Waals surface area (Å²) < 4.78 is 20.5. The van der Waals surface area contributed by atoms with Crippen LogP contribution in [0.15, 0.2) is 200 Å². The molecule has 3 unspecified atom stereocenters. The molecule has 6 nitrogen and oxygen atoms in total. The maximum atomic E-state index is 15.0. The van der Waals surface area contributed by atoms with Crippen LogP contribution in [0.25, 0.3) is 76.8 Å². The van der Waals surface area contributed by atoms with Crippen molar-refractivity contribution in [2.24, 2.45) is 17.8 Å². The van der Waals surface area contributed by atoms with Gasteiger partial charge < -0.3 is 14.2 Å². The Morgan fingerprint density at radius 2 is 0.912 bits per heavy atom. The van der Waals surface area contributed by atoms with E-state index in [1.165, 1.54) is 0 Å². The van der Waals surface area contributed by atoms with Crippen LogP contribution in [0.4, 0.5) is 0 Å². The second-order valence-corrected chi connectivity index (χ2v) is 23.8. The zero-order valence-corrected chi connectivity index (χ0v) is 45.3. The molecule has 0 radical (unpaired) electrons. The number of carbonyl (C=O) groups excluding carboxylic acids is 3. The number of hydrogen-bond donors (Lipinski definition) is 0. The standard InChI is InChI=1S/C74H60O6/c1-42(2)69(75)78-72(52-15-7-8-16-52)62-21-13-11-19-57(62)68-59-37-45(22-23-47(59)28-35-64(68)72)36-44(5)71(77)80-73(53-29-30-53)61-20-12-10-18-56(61)60-39-49-25-24-48(38-51(49)41-66(60)73)50-26-33-58-65(40-50)74(54-31-32-54,79-70(76)43(3)4)63-34-27-46-14-6-9-17-55(46)67(58)63/h6,9-14,17-28,33-35,37-41,52-54H,1,3,5,7-8,15-16,29-32,36H2,2,4H3. The average Bonchev–Trinajstić information content (AvgIpc) is 4.22. The van der Waals surface area contributed by atoms with Gasteiger partial charge in [-0.25, -0.2) is 14.4 Å². The minimum atomic E-state index is -1.01. The van der Waals surface area contributed by atoms with Crippen LogP contribution in [0, 0.1) is 17.8 Å². The first-order chi connectivity index (χ1) is 38.9. The van der Waals surface area contributed by atoms with Crippen molar-refractivity contribution in [1.29, 1.82) is 0 Å². The fraction of sp³-hybridized carbons (Fsp3) is 0.230. The van der Waals surface area contributed by atoms with E-state index in [9.17, 15) is 9.59 Å². The maximum Gasteiger partial charge on any atom is 0.334 e. The molecule has 6 heteroatoms. The number of fused-ring (bicyclic) bond motifs is 14. The van der Waals surface area contributed by atoms with E-state index in [4.69, 9.17) is 14.2 Å². The smallest absolute Gasteiger partial charge is 0.334 e. The molecule has 6 aliphatic rings. The lowest BCUT2D eigenvalue weighted by atomic mass is 9.77. The highest BCUT2D eigenvalue weighted by atomic mass is 16.6. The second-order valence-electron chi connectivity index (χ2n) is 23.8. The molecule has 0 aliphatic heterocycles. The summed E-state index contributed by atoms with van der Waals surface area (Å²) in [5.74, 6) is -0.804. The van der Waals surface area contributed by atoms with Gasteiger partial charge in [0.15, 0.2) is 16.8 Å². The predicted octanol–water partition coefficient (Wildman–Crippen LogP) is 17.1. The van der Waals surface area contributed by atoms with Gasteiger partial charge in [0.1, 0.15) is 0 Å². The summed E-state index contributed by atoms with van der Waals surface area (Å²) in [5, 5.41) is 6.54. The maximum absolute atomic E-state index is 15.0. The first-order valence-corrected chi connectivity index (χ1v) is 28.6. The molecule has 15 rings (SSSR count). The molecule has 0 amide bonds. The summed E-state index contributed by atoms with van der Waals surface area (Å²) >= 11 is 0. The van der Waals surface area contributed by atoms with Crippen LogP contribution in [0.1, 0.15) is 104 Å². The van der Waals surface area contributed by atoms with Crippen LogP contribution < -0.4 is 0 Å². The molecule has 3 atom stereocenters. The fourth-order valence-electron chi connectivity index (χ4n) is 14.9. The number of hydrogen-bond acceptors (Lipinski definition) is 6. The molecule has 0 aromatic heterocycles. The second kappa shape index (κ2) is 17.7. The normalized spacial score (nSPS) is 21.1. The van der Waals surface area contributed by atoms with Crippen molar-refractivity contribution in [3.8, 4) is 44.5 Å². The summed E-state index contributed by atoms with van der Waals surface area (Å²) in [5.41, 5.74) is 13.9. The van der Waals surface area contributed by atoms with Gasteiger partial charge in [-0.15, -0.1) is 0 Å². The summed E-state index contributed by atoms with van der Waals surface area (Å²) in [7, 11) is 0. The topological polar surface area (TPSA) is 78.9 Å². The Balaban J connectivity index is 0.789. The van der Waals surface area contributed by atoms with Crippen molar-refractivity contribution in [2.75, 3.05) is 0 Å². The van der Waals surface area contributed by atoms with Gasteiger partial charge in [0.05, 0.1) is 0 Å². The van der Waals surface area contributed by atoms with E-state index in [1.54, 1.807) is 13.8 Å². The van der Waals surface area contributed by atoms with Crippen molar-refractivity contribution in [3.05, 3.63) is 239 Å². The van der Waals surface area contributed by atoms with Crippen LogP contribution in [-0.4, -0.2) is 17.9 Å². The zero-order valence-electron chi connectivity index (χ0n) is 45.3. The van der Waals surface area contributed by atoms with Gasteiger partial charge in [-0.1, -0.05) is 172 Å². The minimum Gasteiger partial charge on any atom is -0.446 e. The van der Waals surface area contributed by atoms with Gasteiger partial charge in [-0.3, -0.25) is 0 Å². The first-order valence-electron chi connectivity index (χ1n) is 28.6. The summed E-state index contributed by atoms with van der Waals surface area (Å²) in [4.78, 5) is 42.3. The van der Waals surface area contributed by atoms with Crippen LogP contribution in [-0.2, 0) is 51.8 Å². The Morgan fingerprint density at radius 3 is 1.60 bits per heavy atom. The lowest BCUT2D eigenvalue weighted by Gasteiger charge is -2.37. The van der Waals surface area contributed by atoms with E-state index < -0.39 is 22.8 Å². The van der Waals surface area contributed by atoms with Gasteiger partial charge in [0, 0.05) is 74.3 Å². The molecule has 0 bridgehead atoms. The summed E-state index contributed by atoms with van der Waals surface area (Å²) in [6, 6.07) is 58.2. The Labute approximate surface area is 466 Å². The van der Waals surface area contributed by atoms with Crippen LogP contribution in [0.2, 0.25) is 0 Å². The first kappa shape index (κ1) is 48.5. The number of benzene rings is 9. The van der Waals surface area contributed by atoms with E-state index in [2.05, 4.69) is 177 Å². The number of rotatable bonds is 12. The lowest BCUT2D eigenvalue weighted by molar-refractivity contribution is -0.157. The van der Waals surface area contributed by atoms with Crippen molar-refractivity contribution in [1.82, 2.24) is 0 Å². The third-order valence-corrected chi connectivity index (χ3v) is 18.8. The summed E-state index contributed by atoms with van der Waals surface area (Å²) in [6.07, 6.45) is 8.19. The highest BCUT2D eigenvalue weighted by Gasteiger charge is 2.59. The molecule has 3 fully saturated rings. The molecule has 0 saturated heterocycles. The number of esters is 3. The van der Waals surface area contributed by atoms with Gasteiger partial charge in [-0.05, 0) is 159 Å². The molecule has 80 heavy (non-hydrogen) atoms. The van der Waals surface area contributed by atoms with Crippen molar-refractivity contribution < 1.29 is 28.6 Å². The van der Waals surface area contributed by atoms with Crippen molar-refractivity contribution in [2.45, 2.75) is 88.4 Å². The molecule has 0 heterocycles. The highest BCUT2D eigenvalue weighted by Crippen LogP contribution is 2.64. The number of ether oxygens (including phenoxy) is 3. The molecular weight excluding hydrogens is 985 g/mol. The molecule has 392 valence electrons. The van der Waals surface area contributed by atoms with Gasteiger partial charge in [0.2, 0.25) is 0 Å². The largest absolute Gasteiger partial charge is 0.446 e. The van der Waals surface area contributed by atoms with E-state index >= 15 is 4.79 Å². The Hall–Kier alpha value is -8.61. The lowest BCUT2D eigenvalue weighted by Crippen LogP contribution is -2.38. The van der Waals surface area contributed by atoms with Gasteiger partial charge in [0.25, 0.3) is 0 Å². The Morgan fingerprint density at radius 1 is 0.412 bits per heavy atom. The Kier molecular flexibility index (Phi) is 10.7. The summed E-state index contributed by atoms with van der Waals surface area (Å²) in [6.45, 7) is 15.9. The van der Waals surface area contributed by atoms with E-state index in [-0.39, 0.29) is 29.7 Å². The van der Waals surface area contributed by atoms with E-state index in [0.29, 0.717) is 23.1 Å². The van der Waals surface area contributed by atoms with Crippen molar-refractivity contribution in [3.63, 3.8) is 0 Å². The van der Waals surface area contributed by atoms with Gasteiger partial charge in [-0.2, -0.15) is 0 Å². The van der Waals surface area contributed by atoms with Crippen LogP contribution in [0.5, 0.6) is 0 Å². The molecule has 9 aromatic carbocycles. The molecule has 9 aromatic rings. The van der Waals surface area contributed by atoms with E-state index in [1.807, 2.05) is 6.07 Å². The predicted molar refractivity (Wildman–Crippen MR) is 318 cm³/mol. The monoisotopic (exact) mass is 1040 g/mol. The quantitative estimate of drug-likeness (QED) is 0.0689. The SMILES string of the molecule is C=C(C)C(=O)OC1(C2CCCC2)c2ccccc2-c2c1ccc1ccc(CC(=C)C(=O)OC3(C4CC4)c4ccccc4-c4cc5ccc(-c6ccc7c(c6)C(OC(=O)C(=C)C)(C6CC6)c6ccc8ccccc8c6-7)cc5cc43)cc21. The van der Waals surface area contributed by atoms with Gasteiger partial charge >= 0.3 is 17.9 Å². The van der Waals surface area contributed by atoms with Crippen LogP contribution >= 0.6 is 0 Å². The molecular formula is C74H60O6. The minimum absolute atomic E-state index is 0.0941. The average molecular weight is 1050 g/mol. The molecule has 0 N–H and O–H groups in total. The number of carbonyl (C=O) groups is 3. The van der Waals surface area contributed by atoms with Crippen LogP contribution in [0.3, 0.4) is 0 Å². The fourth-order valence-corrected chi connectivity index (χ4v) is 14.9. The third-order valence-electron chi connectivity index (χ3n) is 18.8. The molecule has 3 saturated carbocycles. The molecule has 6 aliphatic carbocycles. The highest BCUT2D eigenvalue weighted by molar-refractivity contribution is 6.06. The third kappa shape index (κ3) is 7.00. The Bertz CT molecular complexity index is 4280. The zero-order chi connectivity index (χ0) is 54.4.